The molecule has 0 bridgehead atoms. The molecule has 0 saturated carbocycles. The van der Waals surface area contributed by atoms with E-state index >= 15 is 0 Å². The van der Waals surface area contributed by atoms with E-state index in [1.165, 1.54) is 0 Å². The molecule has 1 aromatic rings. The number of carboxylic acid groups (broad SMARTS) is 2. The minimum absolute atomic E-state index is 0.0715. The Morgan fingerprint density at radius 2 is 1.53 bits per heavy atom. The molecule has 1 atom stereocenters. The molecular formula is C15H20O4. The molecule has 0 radical (unpaired) electrons. The van der Waals surface area contributed by atoms with E-state index in [2.05, 4.69) is 0 Å². The van der Waals surface area contributed by atoms with Crippen molar-refractivity contribution in [3.8, 4) is 0 Å². The lowest BCUT2D eigenvalue weighted by molar-refractivity contribution is -0.155. The standard InChI is InChI=1S/C15H20O4/c1-9(2)12(8-13(14(16)17)15(18)19)11-6-4-10(3)5-7-11/h4-7,9,12-13H,8H2,1-3H3,(H,16,17)(H,18,19). The van der Waals surface area contributed by atoms with Crippen molar-refractivity contribution in [3.63, 3.8) is 0 Å². The van der Waals surface area contributed by atoms with Crippen LogP contribution in [0.2, 0.25) is 0 Å². The average molecular weight is 264 g/mol. The molecule has 0 aliphatic carbocycles. The smallest absolute Gasteiger partial charge is 0.317 e. The van der Waals surface area contributed by atoms with Gasteiger partial charge >= 0.3 is 11.9 Å². The minimum atomic E-state index is -1.35. The normalized spacial score (nSPS) is 12.7. The molecule has 0 spiro atoms. The van der Waals surface area contributed by atoms with Gasteiger partial charge in [-0.2, -0.15) is 0 Å². The lowest BCUT2D eigenvalue weighted by Gasteiger charge is -2.23. The molecule has 4 nitrogen and oxygen atoms in total. The first-order chi connectivity index (χ1) is 8.82. The Hall–Kier alpha value is -1.84. The second-order valence-electron chi connectivity index (χ2n) is 5.23. The number of carbonyl (C=O) groups is 2. The molecule has 1 rings (SSSR count). The third-order valence-corrected chi connectivity index (χ3v) is 3.40. The van der Waals surface area contributed by atoms with Gasteiger partial charge in [-0.1, -0.05) is 43.7 Å². The highest BCUT2D eigenvalue weighted by molar-refractivity contribution is 5.92. The Morgan fingerprint density at radius 1 is 1.05 bits per heavy atom. The van der Waals surface area contributed by atoms with Crippen molar-refractivity contribution >= 4 is 11.9 Å². The van der Waals surface area contributed by atoms with Crippen LogP contribution in [0.1, 0.15) is 37.3 Å². The average Bonchev–Trinajstić information content (AvgIpc) is 2.30. The molecule has 0 fully saturated rings. The molecule has 2 N–H and O–H groups in total. The van der Waals surface area contributed by atoms with Crippen LogP contribution in [0.3, 0.4) is 0 Å². The van der Waals surface area contributed by atoms with E-state index in [-0.39, 0.29) is 18.3 Å². The van der Waals surface area contributed by atoms with Gasteiger partial charge in [0.25, 0.3) is 0 Å². The van der Waals surface area contributed by atoms with Crippen molar-refractivity contribution in [3.05, 3.63) is 35.4 Å². The summed E-state index contributed by atoms with van der Waals surface area (Å²) in [5.74, 6) is -3.79. The van der Waals surface area contributed by atoms with Crippen LogP contribution in [0.5, 0.6) is 0 Å². The first-order valence-electron chi connectivity index (χ1n) is 6.35. The number of benzene rings is 1. The highest BCUT2D eigenvalue weighted by Crippen LogP contribution is 2.31. The van der Waals surface area contributed by atoms with Gasteiger partial charge in [-0.25, -0.2) is 0 Å². The van der Waals surface area contributed by atoms with E-state index in [4.69, 9.17) is 10.2 Å². The fourth-order valence-electron chi connectivity index (χ4n) is 2.17. The van der Waals surface area contributed by atoms with E-state index in [0.29, 0.717) is 0 Å². The summed E-state index contributed by atoms with van der Waals surface area (Å²) in [5, 5.41) is 18.0. The topological polar surface area (TPSA) is 74.6 Å². The second kappa shape index (κ2) is 6.36. The SMILES string of the molecule is Cc1ccc(C(CC(C(=O)O)C(=O)O)C(C)C)cc1. The Morgan fingerprint density at radius 3 is 1.89 bits per heavy atom. The molecule has 0 heterocycles. The molecule has 0 saturated heterocycles. The number of hydrogen-bond acceptors (Lipinski definition) is 2. The highest BCUT2D eigenvalue weighted by atomic mass is 16.4. The van der Waals surface area contributed by atoms with Gasteiger partial charge in [0.1, 0.15) is 0 Å². The van der Waals surface area contributed by atoms with Crippen LogP contribution in [0, 0.1) is 18.8 Å². The van der Waals surface area contributed by atoms with E-state index in [1.54, 1.807) is 0 Å². The van der Waals surface area contributed by atoms with E-state index < -0.39 is 17.9 Å². The van der Waals surface area contributed by atoms with Gasteiger partial charge in [-0.3, -0.25) is 9.59 Å². The number of rotatable bonds is 6. The third-order valence-electron chi connectivity index (χ3n) is 3.40. The Kier molecular flexibility index (Phi) is 5.10. The molecule has 4 heteroatoms. The predicted octanol–water partition coefficient (Wildman–Crippen LogP) is 2.91. The van der Waals surface area contributed by atoms with Crippen molar-refractivity contribution in [2.75, 3.05) is 0 Å². The number of aliphatic carboxylic acids is 2. The molecule has 0 aliphatic heterocycles. The molecule has 0 aromatic heterocycles. The first kappa shape index (κ1) is 15.2. The van der Waals surface area contributed by atoms with Crippen LogP contribution in [0.15, 0.2) is 24.3 Å². The maximum Gasteiger partial charge on any atom is 0.317 e. The summed E-state index contributed by atoms with van der Waals surface area (Å²) in [6, 6.07) is 7.81. The predicted molar refractivity (Wildman–Crippen MR) is 72.1 cm³/mol. The largest absolute Gasteiger partial charge is 0.481 e. The van der Waals surface area contributed by atoms with Gasteiger partial charge in [-0.05, 0) is 30.7 Å². The fraction of sp³-hybridized carbons (Fsp3) is 0.467. The molecule has 0 aliphatic rings. The minimum Gasteiger partial charge on any atom is -0.481 e. The molecule has 104 valence electrons. The van der Waals surface area contributed by atoms with Gasteiger partial charge < -0.3 is 10.2 Å². The third kappa shape index (κ3) is 4.09. The molecule has 1 unspecified atom stereocenters. The van der Waals surface area contributed by atoms with Gasteiger partial charge in [0.2, 0.25) is 0 Å². The van der Waals surface area contributed by atoms with Gasteiger partial charge in [0.15, 0.2) is 5.92 Å². The van der Waals surface area contributed by atoms with Crippen molar-refractivity contribution in [2.45, 2.75) is 33.1 Å². The Balaban J connectivity index is 2.98. The summed E-state index contributed by atoms with van der Waals surface area (Å²) in [5.41, 5.74) is 2.12. The number of hydrogen-bond donors (Lipinski definition) is 2. The molecular weight excluding hydrogens is 244 g/mol. The van der Waals surface area contributed by atoms with Crippen molar-refractivity contribution in [1.29, 1.82) is 0 Å². The quantitative estimate of drug-likeness (QED) is 0.775. The highest BCUT2D eigenvalue weighted by Gasteiger charge is 2.31. The maximum absolute atomic E-state index is 11.0. The van der Waals surface area contributed by atoms with Crippen molar-refractivity contribution in [2.24, 2.45) is 11.8 Å². The van der Waals surface area contributed by atoms with Crippen LogP contribution in [-0.4, -0.2) is 22.2 Å². The summed E-state index contributed by atoms with van der Waals surface area (Å²) >= 11 is 0. The van der Waals surface area contributed by atoms with Crippen LogP contribution < -0.4 is 0 Å². The zero-order valence-electron chi connectivity index (χ0n) is 11.5. The monoisotopic (exact) mass is 264 g/mol. The van der Waals surface area contributed by atoms with Crippen LogP contribution in [0.4, 0.5) is 0 Å². The van der Waals surface area contributed by atoms with Crippen LogP contribution >= 0.6 is 0 Å². The Bertz CT molecular complexity index is 434. The molecule has 19 heavy (non-hydrogen) atoms. The van der Waals surface area contributed by atoms with E-state index in [9.17, 15) is 9.59 Å². The summed E-state index contributed by atoms with van der Waals surface area (Å²) in [4.78, 5) is 22.0. The first-order valence-corrected chi connectivity index (χ1v) is 6.35. The molecule has 0 amide bonds. The summed E-state index contributed by atoms with van der Waals surface area (Å²) in [6.07, 6.45) is 0.116. The van der Waals surface area contributed by atoms with E-state index in [0.717, 1.165) is 11.1 Å². The van der Waals surface area contributed by atoms with Gasteiger partial charge in [0.05, 0.1) is 0 Å². The Labute approximate surface area is 113 Å². The maximum atomic E-state index is 11.0. The zero-order chi connectivity index (χ0) is 14.6. The number of carboxylic acids is 2. The van der Waals surface area contributed by atoms with Crippen molar-refractivity contribution < 1.29 is 19.8 Å². The fourth-order valence-corrected chi connectivity index (χ4v) is 2.17. The van der Waals surface area contributed by atoms with Gasteiger partial charge in [-0.15, -0.1) is 0 Å². The summed E-state index contributed by atoms with van der Waals surface area (Å²) in [7, 11) is 0. The summed E-state index contributed by atoms with van der Waals surface area (Å²) < 4.78 is 0. The summed E-state index contributed by atoms with van der Waals surface area (Å²) in [6.45, 7) is 5.93. The van der Waals surface area contributed by atoms with Crippen LogP contribution in [-0.2, 0) is 9.59 Å². The lowest BCUT2D eigenvalue weighted by atomic mass is 9.81. The van der Waals surface area contributed by atoms with Crippen LogP contribution in [0.25, 0.3) is 0 Å². The molecule has 1 aromatic carbocycles. The number of aryl methyl sites for hydroxylation is 1. The van der Waals surface area contributed by atoms with Gasteiger partial charge in [0, 0.05) is 0 Å². The van der Waals surface area contributed by atoms with Crippen molar-refractivity contribution in [1.82, 2.24) is 0 Å². The second-order valence-corrected chi connectivity index (χ2v) is 5.23. The lowest BCUT2D eigenvalue weighted by Crippen LogP contribution is -2.26. The zero-order valence-corrected chi connectivity index (χ0v) is 11.5. The van der Waals surface area contributed by atoms with E-state index in [1.807, 2.05) is 45.0 Å².